The zero-order valence-electron chi connectivity index (χ0n) is 21.0. The van der Waals surface area contributed by atoms with E-state index >= 15 is 0 Å². The third-order valence-corrected chi connectivity index (χ3v) is 7.85. The second-order valence-electron chi connectivity index (χ2n) is 10.4. The van der Waals surface area contributed by atoms with Crippen molar-refractivity contribution in [2.75, 3.05) is 10.6 Å². The van der Waals surface area contributed by atoms with Gasteiger partial charge in [-0.2, -0.15) is 9.97 Å². The van der Waals surface area contributed by atoms with Gasteiger partial charge in [-0.15, -0.1) is 0 Å². The maximum atomic E-state index is 13.6. The molecule has 8 heteroatoms. The first kappa shape index (κ1) is 23.9. The minimum absolute atomic E-state index is 0.112. The van der Waals surface area contributed by atoms with E-state index in [1.807, 2.05) is 24.5 Å². The molecule has 0 amide bonds. The fraction of sp³-hybridized carbons (Fsp3) is 0.414. The maximum absolute atomic E-state index is 13.6. The van der Waals surface area contributed by atoms with Crippen molar-refractivity contribution in [3.8, 4) is 11.1 Å². The number of halogens is 1. The predicted molar refractivity (Wildman–Crippen MR) is 146 cm³/mol. The summed E-state index contributed by atoms with van der Waals surface area (Å²) in [7, 11) is 0. The lowest BCUT2D eigenvalue weighted by molar-refractivity contribution is 0.402. The molecule has 4 aromatic rings. The molecule has 6 rings (SSSR count). The lowest BCUT2D eigenvalue weighted by atomic mass is 9.91. The van der Waals surface area contributed by atoms with Crippen LogP contribution in [0.4, 0.5) is 16.2 Å². The second kappa shape index (κ2) is 10.5. The van der Waals surface area contributed by atoms with E-state index in [1.165, 1.54) is 31.7 Å². The maximum Gasteiger partial charge on any atom is 0.227 e. The molecule has 2 aliphatic rings. The Morgan fingerprint density at radius 3 is 2.49 bits per heavy atom. The number of hydrogen-bond acceptors (Lipinski definition) is 6. The van der Waals surface area contributed by atoms with Crippen LogP contribution in [0.2, 0.25) is 0 Å². The molecule has 2 saturated carbocycles. The molecule has 0 aliphatic heterocycles. The molecule has 2 aromatic carbocycles. The van der Waals surface area contributed by atoms with E-state index in [1.54, 1.807) is 12.1 Å². The van der Waals surface area contributed by atoms with Crippen LogP contribution in [0.15, 0.2) is 54.9 Å². The van der Waals surface area contributed by atoms with E-state index < -0.39 is 0 Å². The Hall–Kier alpha value is -3.52. The van der Waals surface area contributed by atoms with Gasteiger partial charge in [-0.1, -0.05) is 62.1 Å². The number of benzene rings is 2. The van der Waals surface area contributed by atoms with E-state index in [4.69, 9.17) is 20.7 Å². The average molecular weight is 500 g/mol. The molecule has 37 heavy (non-hydrogen) atoms. The Bertz CT molecular complexity index is 1360. The lowest BCUT2D eigenvalue weighted by Crippen LogP contribution is -2.43. The highest BCUT2D eigenvalue weighted by molar-refractivity contribution is 5.84. The van der Waals surface area contributed by atoms with Crippen LogP contribution >= 0.6 is 0 Å². The van der Waals surface area contributed by atoms with Gasteiger partial charge in [0.1, 0.15) is 5.82 Å². The zero-order chi connectivity index (χ0) is 25.2. The predicted octanol–water partition coefficient (Wildman–Crippen LogP) is 6.04. The van der Waals surface area contributed by atoms with Crippen molar-refractivity contribution >= 4 is 22.9 Å². The summed E-state index contributed by atoms with van der Waals surface area (Å²) in [5, 5.41) is 7.05. The molecule has 2 atom stereocenters. The van der Waals surface area contributed by atoms with Gasteiger partial charge in [0.15, 0.2) is 17.0 Å². The average Bonchev–Trinajstić information content (AvgIpc) is 3.59. The number of nitrogens with one attached hydrogen (secondary N) is 2. The Morgan fingerprint density at radius 1 is 0.919 bits per heavy atom. The number of nitrogens with two attached hydrogens (primary N) is 1. The van der Waals surface area contributed by atoms with Gasteiger partial charge >= 0.3 is 0 Å². The van der Waals surface area contributed by atoms with Crippen molar-refractivity contribution in [2.45, 2.75) is 76.0 Å². The van der Waals surface area contributed by atoms with Gasteiger partial charge in [0, 0.05) is 24.7 Å². The molecule has 2 fully saturated rings. The highest BCUT2D eigenvalue weighted by Gasteiger charge is 2.25. The Kier molecular flexibility index (Phi) is 6.74. The van der Waals surface area contributed by atoms with Gasteiger partial charge in [0.05, 0.1) is 6.33 Å². The fourth-order valence-electron chi connectivity index (χ4n) is 5.73. The molecule has 0 radical (unpaired) electrons. The first-order valence-corrected chi connectivity index (χ1v) is 13.5. The Balaban J connectivity index is 1.26. The highest BCUT2D eigenvalue weighted by atomic mass is 19.1. The van der Waals surface area contributed by atoms with Crippen LogP contribution in [0.3, 0.4) is 0 Å². The van der Waals surface area contributed by atoms with Crippen molar-refractivity contribution in [3.05, 3.63) is 66.2 Å². The number of imidazole rings is 1. The third kappa shape index (κ3) is 5.16. The summed E-state index contributed by atoms with van der Waals surface area (Å²) in [4.78, 5) is 14.5. The minimum atomic E-state index is -0.230. The molecule has 7 nitrogen and oxygen atoms in total. The summed E-state index contributed by atoms with van der Waals surface area (Å²) in [6, 6.07) is 15.6. The first-order chi connectivity index (χ1) is 18.1. The second-order valence-corrected chi connectivity index (χ2v) is 10.4. The zero-order valence-corrected chi connectivity index (χ0v) is 21.0. The molecule has 0 bridgehead atoms. The van der Waals surface area contributed by atoms with Gasteiger partial charge in [-0.3, -0.25) is 0 Å². The van der Waals surface area contributed by atoms with Crippen molar-refractivity contribution in [1.82, 2.24) is 19.5 Å². The third-order valence-electron chi connectivity index (χ3n) is 7.85. The van der Waals surface area contributed by atoms with Gasteiger partial charge in [0.2, 0.25) is 5.95 Å². The van der Waals surface area contributed by atoms with Crippen LogP contribution in [0.5, 0.6) is 0 Å². The molecular formula is C29H34FN7. The van der Waals surface area contributed by atoms with Gasteiger partial charge < -0.3 is 20.9 Å². The summed E-state index contributed by atoms with van der Waals surface area (Å²) in [6.07, 6.45) is 11.1. The normalized spacial score (nSPS) is 20.4. The molecule has 0 spiro atoms. The molecule has 192 valence electrons. The summed E-state index contributed by atoms with van der Waals surface area (Å²) in [5.41, 5.74) is 11.0. The SMILES string of the molecule is NC1CCCCC1Nc1nc(NCc2ccc(-c3cccc(F)c3)cc2)c2ncn(C3CCCC3)c2n1. The smallest absolute Gasteiger partial charge is 0.227 e. The molecule has 4 N–H and O–H groups in total. The molecular weight excluding hydrogens is 465 g/mol. The van der Waals surface area contributed by atoms with Crippen LogP contribution < -0.4 is 16.4 Å². The van der Waals surface area contributed by atoms with E-state index in [2.05, 4.69) is 27.3 Å². The Labute approximate surface area is 216 Å². The molecule has 0 saturated heterocycles. The number of rotatable bonds is 7. The van der Waals surface area contributed by atoms with Crippen LogP contribution in [-0.2, 0) is 6.54 Å². The van der Waals surface area contributed by atoms with Crippen molar-refractivity contribution in [1.29, 1.82) is 0 Å². The minimum Gasteiger partial charge on any atom is -0.364 e. The topological polar surface area (TPSA) is 93.7 Å². The van der Waals surface area contributed by atoms with E-state index in [9.17, 15) is 4.39 Å². The number of fused-ring (bicyclic) bond motifs is 1. The van der Waals surface area contributed by atoms with Crippen molar-refractivity contribution in [3.63, 3.8) is 0 Å². The highest BCUT2D eigenvalue weighted by Crippen LogP contribution is 2.33. The standard InChI is InChI=1S/C29H34FN7/c30-22-7-5-6-21(16-22)20-14-12-19(13-15-20)17-32-27-26-28(37(18-33-26)23-8-1-2-9-23)36-29(35-27)34-25-11-4-3-10-24(25)31/h5-7,12-16,18,23-25H,1-4,8-11,17,31H2,(H2,32,34,35,36). The summed E-state index contributed by atoms with van der Waals surface area (Å²) in [5.74, 6) is 1.10. The molecule has 2 aliphatic carbocycles. The van der Waals surface area contributed by atoms with Crippen LogP contribution in [-0.4, -0.2) is 31.6 Å². The largest absolute Gasteiger partial charge is 0.364 e. The summed E-state index contributed by atoms with van der Waals surface area (Å²) >= 11 is 0. The molecule has 2 aromatic heterocycles. The van der Waals surface area contributed by atoms with Gasteiger partial charge in [-0.25, -0.2) is 9.37 Å². The van der Waals surface area contributed by atoms with E-state index in [0.29, 0.717) is 18.5 Å². The Morgan fingerprint density at radius 2 is 1.70 bits per heavy atom. The number of aromatic nitrogens is 4. The number of anilines is 2. The molecule has 2 heterocycles. The monoisotopic (exact) mass is 499 g/mol. The fourth-order valence-corrected chi connectivity index (χ4v) is 5.73. The van der Waals surface area contributed by atoms with Crippen LogP contribution in [0, 0.1) is 5.82 Å². The first-order valence-electron chi connectivity index (χ1n) is 13.5. The lowest BCUT2D eigenvalue weighted by Gasteiger charge is -2.29. The van der Waals surface area contributed by atoms with E-state index in [-0.39, 0.29) is 17.9 Å². The summed E-state index contributed by atoms with van der Waals surface area (Å²) < 4.78 is 15.9. The van der Waals surface area contributed by atoms with E-state index in [0.717, 1.165) is 59.4 Å². The van der Waals surface area contributed by atoms with Gasteiger partial charge in [-0.05, 0) is 54.5 Å². The van der Waals surface area contributed by atoms with Crippen LogP contribution in [0.25, 0.3) is 22.3 Å². The number of hydrogen-bond donors (Lipinski definition) is 3. The summed E-state index contributed by atoms with van der Waals surface area (Å²) in [6.45, 7) is 0.591. The van der Waals surface area contributed by atoms with Gasteiger partial charge in [0.25, 0.3) is 0 Å². The number of nitrogens with zero attached hydrogens (tertiary/aromatic N) is 4. The quantitative estimate of drug-likeness (QED) is 0.287. The molecule has 2 unspecified atom stereocenters. The van der Waals surface area contributed by atoms with Crippen molar-refractivity contribution in [2.24, 2.45) is 5.73 Å². The van der Waals surface area contributed by atoms with Crippen molar-refractivity contribution < 1.29 is 4.39 Å². The van der Waals surface area contributed by atoms with Crippen LogP contribution in [0.1, 0.15) is 63.0 Å².